The van der Waals surface area contributed by atoms with Crippen LogP contribution < -0.4 is 5.32 Å². The second-order valence-electron chi connectivity index (χ2n) is 7.83. The first kappa shape index (κ1) is 20.1. The number of aromatic nitrogens is 5. The number of fused-ring (bicyclic) bond motifs is 1. The molecule has 0 aliphatic heterocycles. The Morgan fingerprint density at radius 1 is 1.00 bits per heavy atom. The minimum Gasteiger partial charge on any atom is -0.321 e. The van der Waals surface area contributed by atoms with E-state index in [1.807, 2.05) is 54.9 Å². The molecule has 0 aliphatic rings. The van der Waals surface area contributed by atoms with Crippen molar-refractivity contribution >= 4 is 33.1 Å². The SMILES string of the molecule is Cc1ccc2nc(-c3ccc(NC(=O)c4ccn(Cn5nc(C)cc5C)n4)cc3)sc2c1. The van der Waals surface area contributed by atoms with Crippen LogP contribution in [0.5, 0.6) is 0 Å². The number of thiazole rings is 1. The number of amides is 1. The zero-order valence-corrected chi connectivity index (χ0v) is 18.8. The van der Waals surface area contributed by atoms with Crippen LogP contribution in [0.3, 0.4) is 0 Å². The Balaban J connectivity index is 1.27. The largest absolute Gasteiger partial charge is 0.321 e. The molecule has 1 amide bonds. The lowest BCUT2D eigenvalue weighted by molar-refractivity contribution is 0.102. The Bertz CT molecular complexity index is 1430. The highest BCUT2D eigenvalue weighted by Gasteiger charge is 2.12. The molecule has 3 aromatic heterocycles. The summed E-state index contributed by atoms with van der Waals surface area (Å²) in [6.45, 7) is 6.49. The Morgan fingerprint density at radius 3 is 2.56 bits per heavy atom. The summed E-state index contributed by atoms with van der Waals surface area (Å²) in [6, 6.07) is 17.7. The average Bonchev–Trinajstić information content (AvgIpc) is 3.47. The predicted molar refractivity (Wildman–Crippen MR) is 127 cm³/mol. The molecular weight excluding hydrogens is 420 g/mol. The second-order valence-corrected chi connectivity index (χ2v) is 8.86. The van der Waals surface area contributed by atoms with Crippen LogP contribution in [0.25, 0.3) is 20.8 Å². The van der Waals surface area contributed by atoms with E-state index < -0.39 is 0 Å². The molecule has 0 fully saturated rings. The monoisotopic (exact) mass is 442 g/mol. The number of aryl methyl sites for hydroxylation is 3. The van der Waals surface area contributed by atoms with Gasteiger partial charge in [0.05, 0.1) is 15.9 Å². The molecule has 0 saturated heterocycles. The molecule has 0 atom stereocenters. The summed E-state index contributed by atoms with van der Waals surface area (Å²) in [5, 5.41) is 12.7. The van der Waals surface area contributed by atoms with Crippen molar-refractivity contribution in [1.82, 2.24) is 24.5 Å². The Morgan fingerprint density at radius 2 is 1.81 bits per heavy atom. The number of carbonyl (C=O) groups is 1. The molecule has 5 rings (SSSR count). The quantitative estimate of drug-likeness (QED) is 0.414. The van der Waals surface area contributed by atoms with Gasteiger partial charge in [-0.15, -0.1) is 11.3 Å². The number of nitrogens with one attached hydrogen (secondary N) is 1. The van der Waals surface area contributed by atoms with Crippen LogP contribution in [0.1, 0.15) is 27.4 Å². The molecule has 5 aromatic rings. The highest BCUT2D eigenvalue weighted by Crippen LogP contribution is 2.31. The molecule has 32 heavy (non-hydrogen) atoms. The highest BCUT2D eigenvalue weighted by molar-refractivity contribution is 7.21. The van der Waals surface area contributed by atoms with Gasteiger partial charge in [-0.25, -0.2) is 9.67 Å². The summed E-state index contributed by atoms with van der Waals surface area (Å²) in [5.74, 6) is -0.250. The van der Waals surface area contributed by atoms with Crippen molar-refractivity contribution in [2.45, 2.75) is 27.4 Å². The maximum absolute atomic E-state index is 12.6. The molecule has 8 heteroatoms. The van der Waals surface area contributed by atoms with Crippen LogP contribution in [-0.2, 0) is 6.67 Å². The van der Waals surface area contributed by atoms with Crippen LogP contribution in [0.15, 0.2) is 60.8 Å². The summed E-state index contributed by atoms with van der Waals surface area (Å²) in [7, 11) is 0. The molecule has 0 saturated carbocycles. The minimum absolute atomic E-state index is 0.250. The molecule has 0 spiro atoms. The molecule has 1 N–H and O–H groups in total. The van der Waals surface area contributed by atoms with Crippen LogP contribution >= 0.6 is 11.3 Å². The van der Waals surface area contributed by atoms with Crippen LogP contribution in [0.2, 0.25) is 0 Å². The van der Waals surface area contributed by atoms with Gasteiger partial charge in [0.2, 0.25) is 0 Å². The normalized spacial score (nSPS) is 11.2. The minimum atomic E-state index is -0.250. The molecular formula is C24H22N6OS. The first-order valence-electron chi connectivity index (χ1n) is 10.3. The fourth-order valence-electron chi connectivity index (χ4n) is 3.56. The number of hydrogen-bond donors (Lipinski definition) is 1. The first-order chi connectivity index (χ1) is 15.4. The first-order valence-corrected chi connectivity index (χ1v) is 11.1. The summed E-state index contributed by atoms with van der Waals surface area (Å²) in [4.78, 5) is 17.4. The third-order valence-corrected chi connectivity index (χ3v) is 6.26. The fourth-order valence-corrected chi connectivity index (χ4v) is 4.63. The summed E-state index contributed by atoms with van der Waals surface area (Å²) < 4.78 is 4.73. The topological polar surface area (TPSA) is 77.6 Å². The third kappa shape index (κ3) is 4.04. The van der Waals surface area contributed by atoms with E-state index in [2.05, 4.69) is 34.6 Å². The van der Waals surface area contributed by atoms with Gasteiger partial charge in [0.15, 0.2) is 5.69 Å². The van der Waals surface area contributed by atoms with E-state index in [1.165, 1.54) is 10.3 Å². The van der Waals surface area contributed by atoms with Crippen molar-refractivity contribution in [2.75, 3.05) is 5.32 Å². The Labute approximate surface area is 189 Å². The van der Waals surface area contributed by atoms with Crippen LogP contribution in [0.4, 0.5) is 5.69 Å². The van der Waals surface area contributed by atoms with Gasteiger partial charge in [0, 0.05) is 23.1 Å². The predicted octanol–water partition coefficient (Wildman–Crippen LogP) is 5.04. The van der Waals surface area contributed by atoms with E-state index in [0.717, 1.165) is 27.5 Å². The maximum Gasteiger partial charge on any atom is 0.276 e. The average molecular weight is 443 g/mol. The van der Waals surface area contributed by atoms with E-state index in [-0.39, 0.29) is 5.91 Å². The van der Waals surface area contributed by atoms with Gasteiger partial charge in [0.25, 0.3) is 5.91 Å². The van der Waals surface area contributed by atoms with E-state index in [0.29, 0.717) is 18.1 Å². The molecule has 7 nitrogen and oxygen atoms in total. The van der Waals surface area contributed by atoms with Crippen molar-refractivity contribution in [3.8, 4) is 10.6 Å². The van der Waals surface area contributed by atoms with Gasteiger partial charge in [-0.3, -0.25) is 9.48 Å². The van der Waals surface area contributed by atoms with Crippen molar-refractivity contribution in [2.24, 2.45) is 0 Å². The summed E-state index contributed by atoms with van der Waals surface area (Å²) in [5.41, 5.74) is 6.33. The number of anilines is 1. The van der Waals surface area contributed by atoms with Gasteiger partial charge in [-0.1, -0.05) is 6.07 Å². The summed E-state index contributed by atoms with van der Waals surface area (Å²) >= 11 is 1.67. The third-order valence-electron chi connectivity index (χ3n) is 5.19. The molecule has 0 radical (unpaired) electrons. The van der Waals surface area contributed by atoms with Crippen molar-refractivity contribution in [3.63, 3.8) is 0 Å². The van der Waals surface area contributed by atoms with Crippen molar-refractivity contribution < 1.29 is 4.79 Å². The van der Waals surface area contributed by atoms with Gasteiger partial charge in [-0.2, -0.15) is 10.2 Å². The fraction of sp³-hybridized carbons (Fsp3) is 0.167. The standard InChI is InChI=1S/C24H22N6OS/c1-15-4-9-20-22(12-15)32-24(26-20)18-5-7-19(8-6-18)25-23(31)21-10-11-29(28-21)14-30-17(3)13-16(2)27-30/h4-13H,14H2,1-3H3,(H,25,31). The Kier molecular flexibility index (Phi) is 5.07. The van der Waals surface area contributed by atoms with E-state index in [4.69, 9.17) is 4.98 Å². The van der Waals surface area contributed by atoms with Gasteiger partial charge in [-0.05, 0) is 74.9 Å². The van der Waals surface area contributed by atoms with Crippen molar-refractivity contribution in [1.29, 1.82) is 0 Å². The van der Waals surface area contributed by atoms with Gasteiger partial charge < -0.3 is 5.32 Å². The smallest absolute Gasteiger partial charge is 0.276 e. The highest BCUT2D eigenvalue weighted by atomic mass is 32.1. The number of carbonyl (C=O) groups excluding carboxylic acids is 1. The molecule has 0 aliphatic carbocycles. The zero-order valence-electron chi connectivity index (χ0n) is 18.0. The molecule has 0 unspecified atom stereocenters. The number of hydrogen-bond acceptors (Lipinski definition) is 5. The van der Waals surface area contributed by atoms with E-state index in [1.54, 1.807) is 28.3 Å². The molecule has 0 bridgehead atoms. The van der Waals surface area contributed by atoms with Crippen molar-refractivity contribution in [3.05, 3.63) is 83.4 Å². The number of rotatable bonds is 5. The van der Waals surface area contributed by atoms with E-state index >= 15 is 0 Å². The van der Waals surface area contributed by atoms with Crippen LogP contribution in [-0.4, -0.2) is 30.5 Å². The second kappa shape index (κ2) is 8.05. The molecule has 3 heterocycles. The molecule has 2 aromatic carbocycles. The lowest BCUT2D eigenvalue weighted by Crippen LogP contribution is -2.15. The van der Waals surface area contributed by atoms with Gasteiger partial charge >= 0.3 is 0 Å². The van der Waals surface area contributed by atoms with E-state index in [9.17, 15) is 4.79 Å². The lowest BCUT2D eigenvalue weighted by Gasteiger charge is -2.05. The van der Waals surface area contributed by atoms with Crippen LogP contribution in [0, 0.1) is 20.8 Å². The number of benzene rings is 2. The Hall–Kier alpha value is -3.78. The zero-order chi connectivity index (χ0) is 22.2. The molecule has 160 valence electrons. The summed E-state index contributed by atoms with van der Waals surface area (Å²) in [6.07, 6.45) is 1.78. The lowest BCUT2D eigenvalue weighted by atomic mass is 10.2. The number of nitrogens with zero attached hydrogens (tertiary/aromatic N) is 5. The maximum atomic E-state index is 12.6. The van der Waals surface area contributed by atoms with Gasteiger partial charge in [0.1, 0.15) is 11.7 Å².